The SMILES string of the molecule is COc1cc(-c2c3nc(c(Oc4ccc([N+](=O)[O-])cc4)c4ccc([nH]4)c(-c4cc(OC)c(OC)c(OC)c4)c4nc(c(Oc5ccc([N+](=O)[O-])cc5)c5ccc2[nH]5)C=C4)C=C3)cc(OC)c1OC. The molecule has 8 bridgehead atoms. The number of nitrogens with zero attached hydrogens (tertiary/aromatic N) is 4. The smallest absolute Gasteiger partial charge is 0.269 e. The fourth-order valence-electron chi connectivity index (χ4n) is 7.93. The monoisotopic (exact) mass is 916 g/mol. The Kier molecular flexibility index (Phi) is 11.8. The van der Waals surface area contributed by atoms with E-state index in [0.29, 0.717) is 125 Å². The average Bonchev–Trinajstić information content (AvgIpc) is 4.22. The summed E-state index contributed by atoms with van der Waals surface area (Å²) in [4.78, 5) is 39.7. The number of nitrogens with one attached hydrogen (secondary N) is 2. The topological polar surface area (TPSA) is 217 Å². The predicted molar refractivity (Wildman–Crippen MR) is 255 cm³/mol. The molecule has 3 aromatic heterocycles. The molecule has 0 saturated carbocycles. The van der Waals surface area contributed by atoms with E-state index in [1.165, 1.54) is 91.2 Å². The lowest BCUT2D eigenvalue weighted by molar-refractivity contribution is -0.385. The lowest BCUT2D eigenvalue weighted by atomic mass is 10.0. The number of rotatable bonds is 14. The van der Waals surface area contributed by atoms with E-state index < -0.39 is 9.85 Å². The van der Waals surface area contributed by atoms with Crippen molar-refractivity contribution in [3.05, 3.63) is 140 Å². The van der Waals surface area contributed by atoms with E-state index >= 15 is 0 Å². The van der Waals surface area contributed by atoms with Gasteiger partial charge >= 0.3 is 0 Å². The van der Waals surface area contributed by atoms with Gasteiger partial charge in [-0.2, -0.15) is 0 Å². The molecule has 5 heterocycles. The van der Waals surface area contributed by atoms with E-state index in [4.69, 9.17) is 47.9 Å². The first-order chi connectivity index (χ1) is 33.0. The molecule has 0 atom stereocenters. The third-order valence-corrected chi connectivity index (χ3v) is 11.1. The van der Waals surface area contributed by atoms with Crippen molar-refractivity contribution in [2.45, 2.75) is 0 Å². The van der Waals surface area contributed by atoms with Crippen LogP contribution in [0.5, 0.6) is 57.5 Å². The first-order valence-corrected chi connectivity index (χ1v) is 20.7. The highest BCUT2D eigenvalue weighted by molar-refractivity contribution is 5.96. The number of methoxy groups -OCH3 is 6. The lowest BCUT2D eigenvalue weighted by Gasteiger charge is -2.15. The first kappa shape index (κ1) is 43.9. The number of nitro benzene ring substituents is 2. The molecule has 2 N–H and O–H groups in total. The van der Waals surface area contributed by atoms with Crippen LogP contribution in [0.15, 0.2) is 97.1 Å². The molecule has 2 aliphatic rings. The zero-order chi connectivity index (χ0) is 47.6. The van der Waals surface area contributed by atoms with Crippen LogP contribution in [0.25, 0.3) is 68.6 Å². The number of aromatic nitrogens is 4. The van der Waals surface area contributed by atoms with Gasteiger partial charge in [0.2, 0.25) is 11.5 Å². The van der Waals surface area contributed by atoms with E-state index in [9.17, 15) is 20.2 Å². The molecule has 0 fully saturated rings. The summed E-state index contributed by atoms with van der Waals surface area (Å²) < 4.78 is 47.7. The quantitative estimate of drug-likeness (QED) is 0.0766. The second-order valence-electron chi connectivity index (χ2n) is 14.9. The molecule has 9 rings (SSSR count). The number of nitro groups is 2. The molecule has 0 saturated heterocycles. The number of hydrogen-bond donors (Lipinski definition) is 2. The highest BCUT2D eigenvalue weighted by Crippen LogP contribution is 2.46. The van der Waals surface area contributed by atoms with Gasteiger partial charge in [-0.3, -0.25) is 20.2 Å². The minimum Gasteiger partial charge on any atom is -0.493 e. The Morgan fingerprint density at radius 2 is 0.735 bits per heavy atom. The molecule has 342 valence electrons. The van der Waals surface area contributed by atoms with Crippen molar-refractivity contribution in [2.24, 2.45) is 0 Å². The van der Waals surface area contributed by atoms with Gasteiger partial charge < -0.3 is 47.9 Å². The van der Waals surface area contributed by atoms with Gasteiger partial charge in [0.15, 0.2) is 34.5 Å². The molecule has 7 aromatic rings. The summed E-state index contributed by atoms with van der Waals surface area (Å²) in [5.74, 6) is 3.59. The van der Waals surface area contributed by atoms with E-state index in [1.807, 2.05) is 60.7 Å². The van der Waals surface area contributed by atoms with Gasteiger partial charge in [-0.1, -0.05) is 0 Å². The van der Waals surface area contributed by atoms with Crippen LogP contribution in [-0.2, 0) is 0 Å². The summed E-state index contributed by atoms with van der Waals surface area (Å²) in [5.41, 5.74) is 6.29. The molecule has 18 heteroatoms. The number of benzene rings is 4. The molecular formula is C50H40N6O12. The van der Waals surface area contributed by atoms with Crippen molar-refractivity contribution in [3.63, 3.8) is 0 Å². The lowest BCUT2D eigenvalue weighted by Crippen LogP contribution is -1.97. The van der Waals surface area contributed by atoms with Crippen LogP contribution in [-0.4, -0.2) is 72.4 Å². The molecule has 0 aliphatic carbocycles. The van der Waals surface area contributed by atoms with Gasteiger partial charge in [0.1, 0.15) is 22.9 Å². The molecule has 2 aliphatic heterocycles. The Balaban J connectivity index is 1.41. The zero-order valence-electron chi connectivity index (χ0n) is 37.2. The standard InChI is InChI=1S/C50H40N6O12/c1-61-41-23-27(24-42(62-2)49(41)65-5)45-33-15-19-37(51-33)47(67-31-11-7-29(8-12-31)55(57)58)39-21-17-35(53-39)46(28-25-43(63-3)50(66-6)44(26-28)64-4)36-18-22-40(54-36)48(38-20-16-34(45)52-38)68-32-13-9-30(10-14-32)56(59)60/h7-26,51,54H,1-6H3. The Labute approximate surface area is 386 Å². The van der Waals surface area contributed by atoms with Crippen molar-refractivity contribution in [3.8, 4) is 79.7 Å². The minimum absolute atomic E-state index is 0.101. The highest BCUT2D eigenvalue weighted by Gasteiger charge is 2.23. The highest BCUT2D eigenvalue weighted by atomic mass is 16.6. The number of fused-ring (bicyclic) bond motifs is 8. The second-order valence-corrected chi connectivity index (χ2v) is 14.9. The normalized spacial score (nSPS) is 11.5. The summed E-state index contributed by atoms with van der Waals surface area (Å²) in [6, 6.07) is 26.1. The fourth-order valence-corrected chi connectivity index (χ4v) is 7.93. The number of H-pyrrole nitrogens is 2. The molecule has 0 amide bonds. The molecule has 68 heavy (non-hydrogen) atoms. The van der Waals surface area contributed by atoms with Gasteiger partial charge in [0.25, 0.3) is 11.4 Å². The van der Waals surface area contributed by atoms with Gasteiger partial charge in [-0.25, -0.2) is 9.97 Å². The first-order valence-electron chi connectivity index (χ1n) is 20.7. The average molecular weight is 917 g/mol. The number of aromatic amines is 2. The van der Waals surface area contributed by atoms with Gasteiger partial charge in [-0.05, 0) is 108 Å². The molecule has 0 radical (unpaired) electrons. The second kappa shape index (κ2) is 18.3. The Bertz CT molecular complexity index is 3100. The Morgan fingerprint density at radius 3 is 1.04 bits per heavy atom. The van der Waals surface area contributed by atoms with Crippen LogP contribution in [0.1, 0.15) is 22.8 Å². The molecule has 4 aromatic carbocycles. The van der Waals surface area contributed by atoms with E-state index in [-0.39, 0.29) is 11.4 Å². The van der Waals surface area contributed by atoms with Crippen LogP contribution in [0.2, 0.25) is 0 Å². The summed E-state index contributed by atoms with van der Waals surface area (Å²) in [7, 11) is 9.15. The molecular weight excluding hydrogens is 877 g/mol. The summed E-state index contributed by atoms with van der Waals surface area (Å²) in [5, 5.41) is 23.2. The number of hydrogen-bond acceptors (Lipinski definition) is 14. The predicted octanol–water partition coefficient (Wildman–Crippen LogP) is 11.4. The van der Waals surface area contributed by atoms with Crippen LogP contribution < -0.4 is 37.9 Å². The minimum atomic E-state index is -0.482. The Morgan fingerprint density at radius 1 is 0.412 bits per heavy atom. The summed E-state index contributed by atoms with van der Waals surface area (Å²) >= 11 is 0. The van der Waals surface area contributed by atoms with Crippen LogP contribution in [0, 0.1) is 20.2 Å². The van der Waals surface area contributed by atoms with Gasteiger partial charge in [0, 0.05) is 46.4 Å². The van der Waals surface area contributed by atoms with Crippen molar-refractivity contribution >= 4 is 57.7 Å². The fraction of sp³-hybridized carbons (Fsp3) is 0.120. The van der Waals surface area contributed by atoms with Crippen molar-refractivity contribution in [1.82, 2.24) is 19.9 Å². The maximum absolute atomic E-state index is 11.6. The van der Waals surface area contributed by atoms with Crippen molar-refractivity contribution in [2.75, 3.05) is 42.7 Å². The molecule has 0 spiro atoms. The van der Waals surface area contributed by atoms with Crippen LogP contribution in [0.3, 0.4) is 0 Å². The van der Waals surface area contributed by atoms with E-state index in [1.54, 1.807) is 12.2 Å². The Hall–Kier alpha value is -9.32. The van der Waals surface area contributed by atoms with E-state index in [0.717, 1.165) is 0 Å². The number of ether oxygens (including phenoxy) is 8. The van der Waals surface area contributed by atoms with Crippen molar-refractivity contribution < 1.29 is 47.7 Å². The third-order valence-electron chi connectivity index (χ3n) is 11.1. The molecule has 0 unspecified atom stereocenters. The van der Waals surface area contributed by atoms with Crippen molar-refractivity contribution in [1.29, 1.82) is 0 Å². The van der Waals surface area contributed by atoms with E-state index in [2.05, 4.69) is 9.97 Å². The van der Waals surface area contributed by atoms with Crippen LogP contribution >= 0.6 is 0 Å². The summed E-state index contributed by atoms with van der Waals surface area (Å²) in [6.07, 6.45) is 7.29. The third kappa shape index (κ3) is 8.17. The zero-order valence-corrected chi connectivity index (χ0v) is 37.2. The largest absolute Gasteiger partial charge is 0.493 e. The van der Waals surface area contributed by atoms with Crippen LogP contribution in [0.4, 0.5) is 11.4 Å². The molecule has 18 nitrogen and oxygen atoms in total. The maximum atomic E-state index is 11.6. The maximum Gasteiger partial charge on any atom is 0.269 e. The van der Waals surface area contributed by atoms with Gasteiger partial charge in [-0.15, -0.1) is 0 Å². The van der Waals surface area contributed by atoms with Gasteiger partial charge in [0.05, 0.1) is 74.9 Å². The number of non-ortho nitro benzene ring substituents is 2. The summed E-state index contributed by atoms with van der Waals surface area (Å²) in [6.45, 7) is 0.